The largest absolute Gasteiger partial charge is 0.317 e. The molecule has 0 amide bonds. The van der Waals surface area contributed by atoms with Gasteiger partial charge >= 0.3 is 0 Å². The minimum Gasteiger partial charge on any atom is -0.317 e. The fraction of sp³-hybridized carbons (Fsp3) is 1.00. The molecule has 2 rings (SSSR count). The molecule has 2 heteroatoms. The van der Waals surface area contributed by atoms with Crippen LogP contribution in [0.1, 0.15) is 58.3 Å². The van der Waals surface area contributed by atoms with Crippen LogP contribution in [0.2, 0.25) is 0 Å². The lowest BCUT2D eigenvalue weighted by molar-refractivity contribution is 0.241. The van der Waals surface area contributed by atoms with Gasteiger partial charge in [0.25, 0.3) is 0 Å². The molecule has 16 heavy (non-hydrogen) atoms. The number of rotatable bonds is 4. The van der Waals surface area contributed by atoms with E-state index >= 15 is 0 Å². The zero-order chi connectivity index (χ0) is 11.3. The molecule has 1 heterocycles. The Morgan fingerprint density at radius 1 is 1.12 bits per heavy atom. The Balaban J connectivity index is 1.62. The smallest absolute Gasteiger partial charge is 0.0153 e. The van der Waals surface area contributed by atoms with E-state index in [4.69, 9.17) is 0 Å². The molecule has 2 fully saturated rings. The maximum atomic E-state index is 3.82. The van der Waals surface area contributed by atoms with E-state index in [0.29, 0.717) is 5.54 Å². The molecular weight excluding hydrogens is 196 g/mol. The lowest BCUT2D eigenvalue weighted by Crippen LogP contribution is -2.44. The number of hydrogen-bond donors (Lipinski definition) is 2. The van der Waals surface area contributed by atoms with Crippen LogP contribution in [-0.2, 0) is 0 Å². The lowest BCUT2D eigenvalue weighted by Gasteiger charge is -2.35. The van der Waals surface area contributed by atoms with E-state index in [-0.39, 0.29) is 0 Å². The highest BCUT2D eigenvalue weighted by Gasteiger charge is 2.25. The zero-order valence-electron chi connectivity index (χ0n) is 10.9. The number of piperidine rings is 1. The summed E-state index contributed by atoms with van der Waals surface area (Å²) in [6.07, 6.45) is 11.2. The summed E-state index contributed by atoms with van der Waals surface area (Å²) in [6.45, 7) is 6.14. The van der Waals surface area contributed by atoms with Crippen molar-refractivity contribution in [3.8, 4) is 0 Å². The highest BCUT2D eigenvalue weighted by atomic mass is 15.0. The van der Waals surface area contributed by atoms with Gasteiger partial charge < -0.3 is 10.6 Å². The maximum absolute atomic E-state index is 3.82. The molecule has 2 N–H and O–H groups in total. The quantitative estimate of drug-likeness (QED) is 0.767. The molecule has 1 saturated carbocycles. The van der Waals surface area contributed by atoms with E-state index in [9.17, 15) is 0 Å². The van der Waals surface area contributed by atoms with Gasteiger partial charge in [0.05, 0.1) is 0 Å². The first-order valence-electron chi connectivity index (χ1n) is 7.24. The average molecular weight is 224 g/mol. The molecule has 0 spiro atoms. The minimum atomic E-state index is 0.463. The summed E-state index contributed by atoms with van der Waals surface area (Å²) in [6, 6.07) is 0. The Labute approximate surface area is 101 Å². The second-order valence-corrected chi connectivity index (χ2v) is 6.03. The molecule has 1 aliphatic heterocycles. The third-order valence-corrected chi connectivity index (χ3v) is 4.52. The Morgan fingerprint density at radius 2 is 1.81 bits per heavy atom. The van der Waals surface area contributed by atoms with Gasteiger partial charge in [-0.15, -0.1) is 0 Å². The van der Waals surface area contributed by atoms with Crippen molar-refractivity contribution in [2.24, 2.45) is 5.92 Å². The Kier molecular flexibility index (Phi) is 4.66. The van der Waals surface area contributed by atoms with Gasteiger partial charge in [0.15, 0.2) is 0 Å². The molecule has 0 bridgehead atoms. The van der Waals surface area contributed by atoms with Gasteiger partial charge in [0, 0.05) is 5.54 Å². The van der Waals surface area contributed by atoms with E-state index in [1.165, 1.54) is 71.0 Å². The summed E-state index contributed by atoms with van der Waals surface area (Å²) in [5, 5.41) is 7.27. The van der Waals surface area contributed by atoms with E-state index in [0.717, 1.165) is 5.92 Å². The molecule has 1 aliphatic carbocycles. The van der Waals surface area contributed by atoms with Gasteiger partial charge in [-0.2, -0.15) is 0 Å². The van der Waals surface area contributed by atoms with Crippen molar-refractivity contribution < 1.29 is 0 Å². The van der Waals surface area contributed by atoms with Crippen molar-refractivity contribution in [3.63, 3.8) is 0 Å². The van der Waals surface area contributed by atoms with Crippen LogP contribution >= 0.6 is 0 Å². The summed E-state index contributed by atoms with van der Waals surface area (Å²) in [7, 11) is 0. The van der Waals surface area contributed by atoms with E-state index in [1.54, 1.807) is 0 Å². The summed E-state index contributed by atoms with van der Waals surface area (Å²) in [4.78, 5) is 0. The van der Waals surface area contributed by atoms with Gasteiger partial charge in [-0.3, -0.25) is 0 Å². The predicted molar refractivity (Wildman–Crippen MR) is 69.7 cm³/mol. The predicted octanol–water partition coefficient (Wildman–Crippen LogP) is 2.69. The molecule has 0 radical (unpaired) electrons. The molecule has 0 aromatic heterocycles. The molecule has 0 atom stereocenters. The third kappa shape index (κ3) is 3.74. The van der Waals surface area contributed by atoms with Crippen molar-refractivity contribution in [2.75, 3.05) is 19.6 Å². The Morgan fingerprint density at radius 3 is 2.50 bits per heavy atom. The van der Waals surface area contributed by atoms with Crippen molar-refractivity contribution in [1.29, 1.82) is 0 Å². The first-order chi connectivity index (χ1) is 7.79. The molecule has 94 valence electrons. The topological polar surface area (TPSA) is 24.1 Å². The van der Waals surface area contributed by atoms with Gasteiger partial charge in [-0.1, -0.05) is 19.3 Å². The monoisotopic (exact) mass is 224 g/mol. The van der Waals surface area contributed by atoms with Crippen molar-refractivity contribution in [3.05, 3.63) is 0 Å². The Hall–Kier alpha value is -0.0800. The fourth-order valence-corrected chi connectivity index (χ4v) is 3.26. The number of nitrogens with one attached hydrogen (secondary N) is 2. The third-order valence-electron chi connectivity index (χ3n) is 4.52. The van der Waals surface area contributed by atoms with E-state index in [1.807, 2.05) is 0 Å². The zero-order valence-corrected chi connectivity index (χ0v) is 10.9. The average Bonchev–Trinajstić information content (AvgIpc) is 2.31. The van der Waals surface area contributed by atoms with Crippen molar-refractivity contribution in [2.45, 2.75) is 63.8 Å². The summed E-state index contributed by atoms with van der Waals surface area (Å²) < 4.78 is 0. The van der Waals surface area contributed by atoms with Crippen LogP contribution in [-0.4, -0.2) is 25.2 Å². The summed E-state index contributed by atoms with van der Waals surface area (Å²) in [5.74, 6) is 0.973. The SMILES string of the molecule is CC1(NCCC2CCNCC2)CCCCC1. The van der Waals surface area contributed by atoms with Crippen LogP contribution < -0.4 is 10.6 Å². The summed E-state index contributed by atoms with van der Waals surface area (Å²) in [5.41, 5.74) is 0.463. The van der Waals surface area contributed by atoms with Gasteiger partial charge in [-0.25, -0.2) is 0 Å². The van der Waals surface area contributed by atoms with E-state index in [2.05, 4.69) is 17.6 Å². The van der Waals surface area contributed by atoms with Crippen molar-refractivity contribution >= 4 is 0 Å². The molecule has 0 aromatic rings. The van der Waals surface area contributed by atoms with Crippen molar-refractivity contribution in [1.82, 2.24) is 10.6 Å². The van der Waals surface area contributed by atoms with Crippen LogP contribution in [0.15, 0.2) is 0 Å². The molecule has 2 nitrogen and oxygen atoms in total. The first kappa shape index (κ1) is 12.4. The second kappa shape index (κ2) is 6.02. The summed E-state index contributed by atoms with van der Waals surface area (Å²) >= 11 is 0. The van der Waals surface area contributed by atoms with E-state index < -0.39 is 0 Å². The highest BCUT2D eigenvalue weighted by molar-refractivity contribution is 4.86. The van der Waals surface area contributed by atoms with Gasteiger partial charge in [-0.05, 0) is 64.6 Å². The second-order valence-electron chi connectivity index (χ2n) is 6.03. The fourth-order valence-electron chi connectivity index (χ4n) is 3.26. The molecule has 1 saturated heterocycles. The first-order valence-corrected chi connectivity index (χ1v) is 7.24. The lowest BCUT2D eigenvalue weighted by atomic mass is 9.83. The maximum Gasteiger partial charge on any atom is 0.0153 e. The van der Waals surface area contributed by atoms with Gasteiger partial charge in [0.2, 0.25) is 0 Å². The van der Waals surface area contributed by atoms with Crippen LogP contribution in [0.5, 0.6) is 0 Å². The van der Waals surface area contributed by atoms with Gasteiger partial charge in [0.1, 0.15) is 0 Å². The standard InChI is InChI=1S/C14H28N2/c1-14(8-3-2-4-9-14)16-12-7-13-5-10-15-11-6-13/h13,15-16H,2-12H2,1H3. The highest BCUT2D eigenvalue weighted by Crippen LogP contribution is 2.27. The number of hydrogen-bond acceptors (Lipinski definition) is 2. The van der Waals surface area contributed by atoms with Crippen LogP contribution in [0.25, 0.3) is 0 Å². The van der Waals surface area contributed by atoms with Crippen LogP contribution in [0.4, 0.5) is 0 Å². The van der Waals surface area contributed by atoms with Crippen LogP contribution in [0, 0.1) is 5.92 Å². The molecule has 2 aliphatic rings. The Bertz CT molecular complexity index is 191. The minimum absolute atomic E-state index is 0.463. The molecular formula is C14H28N2. The van der Waals surface area contributed by atoms with Crippen LogP contribution in [0.3, 0.4) is 0 Å². The molecule has 0 aromatic carbocycles. The molecule has 0 unspecified atom stereocenters. The normalized spacial score (nSPS) is 26.8.